The van der Waals surface area contributed by atoms with Gasteiger partial charge in [0.2, 0.25) is 0 Å². The van der Waals surface area contributed by atoms with Crippen LogP contribution in [0.2, 0.25) is 0 Å². The van der Waals surface area contributed by atoms with Crippen LogP contribution in [0.4, 0.5) is 0 Å². The monoisotopic (exact) mass is 286 g/mol. The lowest BCUT2D eigenvalue weighted by atomic mass is 9.95. The summed E-state index contributed by atoms with van der Waals surface area (Å²) >= 11 is 0. The molecule has 6 nitrogen and oxygen atoms in total. The molecule has 0 N–H and O–H groups in total. The zero-order chi connectivity index (χ0) is 14.7. The topological polar surface area (TPSA) is 63.2 Å². The molecule has 3 aliphatic rings. The van der Waals surface area contributed by atoms with E-state index in [2.05, 4.69) is 0 Å². The van der Waals surface area contributed by atoms with Crippen LogP contribution in [0.15, 0.2) is 0 Å². The summed E-state index contributed by atoms with van der Waals surface area (Å²) in [6.45, 7) is 9.64. The molecular formula is C14H22O6. The fourth-order valence-electron chi connectivity index (χ4n) is 3.07. The van der Waals surface area contributed by atoms with Gasteiger partial charge in [-0.15, -0.1) is 0 Å². The maximum Gasteiger partial charge on any atom is 0.311 e. The Morgan fingerprint density at radius 2 is 1.60 bits per heavy atom. The lowest BCUT2D eigenvalue weighted by molar-refractivity contribution is -0.339. The van der Waals surface area contributed by atoms with Crippen molar-refractivity contribution in [2.45, 2.75) is 70.6 Å². The maximum absolute atomic E-state index is 11.8. The molecule has 3 rings (SSSR count). The van der Waals surface area contributed by atoms with E-state index >= 15 is 0 Å². The number of carbonyl (C=O) groups excluding carboxylic acids is 1. The second kappa shape index (κ2) is 4.40. The molecule has 3 aliphatic heterocycles. The third-order valence-corrected chi connectivity index (χ3v) is 4.00. The molecule has 0 radical (unpaired) electrons. The molecule has 0 aromatic heterocycles. The van der Waals surface area contributed by atoms with E-state index in [0.29, 0.717) is 6.61 Å². The number of ether oxygens (including phenoxy) is 5. The first kappa shape index (κ1) is 14.3. The molecule has 0 aromatic rings. The molecule has 0 saturated carbocycles. The van der Waals surface area contributed by atoms with E-state index in [-0.39, 0.29) is 30.2 Å². The smallest absolute Gasteiger partial charge is 0.311 e. The third-order valence-electron chi connectivity index (χ3n) is 4.00. The first-order valence-electron chi connectivity index (χ1n) is 7.06. The van der Waals surface area contributed by atoms with E-state index in [9.17, 15) is 4.79 Å². The largest absolute Gasteiger partial charge is 0.456 e. The van der Waals surface area contributed by atoms with E-state index in [0.717, 1.165) is 0 Å². The maximum atomic E-state index is 11.8. The van der Waals surface area contributed by atoms with E-state index < -0.39 is 17.7 Å². The molecule has 0 spiro atoms. The number of hydrogen-bond donors (Lipinski definition) is 0. The number of hydrogen-bond acceptors (Lipinski definition) is 6. The summed E-state index contributed by atoms with van der Waals surface area (Å²) in [7, 11) is 0. The van der Waals surface area contributed by atoms with Gasteiger partial charge in [-0.2, -0.15) is 0 Å². The van der Waals surface area contributed by atoms with Crippen molar-refractivity contribution in [1.29, 1.82) is 0 Å². The fraction of sp³-hybridized carbons (Fsp3) is 0.929. The Bertz CT molecular complexity index is 418. The highest BCUT2D eigenvalue weighted by Gasteiger charge is 2.57. The molecule has 3 fully saturated rings. The lowest BCUT2D eigenvalue weighted by Gasteiger charge is -2.44. The Hall–Kier alpha value is -0.690. The summed E-state index contributed by atoms with van der Waals surface area (Å²) in [5.74, 6) is -1.95. The molecule has 0 bridgehead atoms. The van der Waals surface area contributed by atoms with Crippen LogP contribution in [0, 0.1) is 5.92 Å². The molecule has 5 atom stereocenters. The Morgan fingerprint density at radius 3 is 2.20 bits per heavy atom. The minimum absolute atomic E-state index is 0.246. The van der Waals surface area contributed by atoms with Crippen molar-refractivity contribution in [3.63, 3.8) is 0 Å². The highest BCUT2D eigenvalue weighted by Crippen LogP contribution is 2.40. The van der Waals surface area contributed by atoms with E-state index in [1.165, 1.54) is 0 Å². The number of esters is 1. The summed E-state index contributed by atoms with van der Waals surface area (Å²) in [5, 5.41) is 0. The van der Waals surface area contributed by atoms with Crippen molar-refractivity contribution in [1.82, 2.24) is 0 Å². The van der Waals surface area contributed by atoms with E-state index in [1.807, 2.05) is 34.6 Å². The van der Waals surface area contributed by atoms with E-state index in [1.54, 1.807) is 0 Å². The molecule has 0 aromatic carbocycles. The van der Waals surface area contributed by atoms with Gasteiger partial charge in [-0.25, -0.2) is 0 Å². The number of fused-ring (bicyclic) bond motifs is 1. The minimum atomic E-state index is -0.774. The number of carbonyl (C=O) groups is 1. The van der Waals surface area contributed by atoms with Gasteiger partial charge >= 0.3 is 5.97 Å². The van der Waals surface area contributed by atoms with Crippen molar-refractivity contribution >= 4 is 5.97 Å². The highest BCUT2D eigenvalue weighted by molar-refractivity contribution is 5.75. The van der Waals surface area contributed by atoms with Crippen LogP contribution in [-0.4, -0.2) is 48.6 Å². The highest BCUT2D eigenvalue weighted by atomic mass is 16.8. The Kier molecular flexibility index (Phi) is 3.14. The molecule has 20 heavy (non-hydrogen) atoms. The van der Waals surface area contributed by atoms with Gasteiger partial charge < -0.3 is 23.7 Å². The molecule has 6 heteroatoms. The molecule has 0 amide bonds. The van der Waals surface area contributed by atoms with Crippen molar-refractivity contribution in [2.24, 2.45) is 5.92 Å². The molecule has 3 saturated heterocycles. The van der Waals surface area contributed by atoms with Crippen LogP contribution < -0.4 is 0 Å². The molecule has 3 heterocycles. The Balaban J connectivity index is 1.84. The van der Waals surface area contributed by atoms with Gasteiger partial charge in [-0.1, -0.05) is 0 Å². The Morgan fingerprint density at radius 1 is 0.950 bits per heavy atom. The van der Waals surface area contributed by atoms with Crippen LogP contribution in [0.5, 0.6) is 0 Å². The summed E-state index contributed by atoms with van der Waals surface area (Å²) < 4.78 is 28.7. The van der Waals surface area contributed by atoms with Gasteiger partial charge in [-0.3, -0.25) is 4.79 Å². The van der Waals surface area contributed by atoms with Crippen LogP contribution in [0.25, 0.3) is 0 Å². The van der Waals surface area contributed by atoms with E-state index in [4.69, 9.17) is 23.7 Å². The van der Waals surface area contributed by atoms with Crippen LogP contribution >= 0.6 is 0 Å². The first-order valence-corrected chi connectivity index (χ1v) is 7.06. The van der Waals surface area contributed by atoms with Crippen LogP contribution in [0.3, 0.4) is 0 Å². The first-order chi connectivity index (χ1) is 9.19. The Labute approximate surface area is 118 Å². The zero-order valence-electron chi connectivity index (χ0n) is 12.5. The average molecular weight is 286 g/mol. The normalized spacial score (nSPS) is 46.0. The van der Waals surface area contributed by atoms with Crippen molar-refractivity contribution in [3.8, 4) is 0 Å². The zero-order valence-corrected chi connectivity index (χ0v) is 12.5. The summed E-state index contributed by atoms with van der Waals surface area (Å²) in [6.07, 6.45) is -1.38. The van der Waals surface area contributed by atoms with Crippen molar-refractivity contribution in [2.75, 3.05) is 6.61 Å². The van der Waals surface area contributed by atoms with Crippen LogP contribution in [-0.2, 0) is 28.5 Å². The summed E-state index contributed by atoms with van der Waals surface area (Å²) in [5.41, 5.74) is 0. The minimum Gasteiger partial charge on any atom is -0.456 e. The lowest BCUT2D eigenvalue weighted by Crippen LogP contribution is -2.58. The van der Waals surface area contributed by atoms with Crippen molar-refractivity contribution in [3.05, 3.63) is 0 Å². The summed E-state index contributed by atoms with van der Waals surface area (Å²) in [6, 6.07) is 0. The number of rotatable bonds is 1. The van der Waals surface area contributed by atoms with Gasteiger partial charge in [0.25, 0.3) is 0 Å². The predicted molar refractivity (Wildman–Crippen MR) is 67.8 cm³/mol. The van der Waals surface area contributed by atoms with Gasteiger partial charge in [0.15, 0.2) is 17.7 Å². The standard InChI is InChI=1S/C14H22O6/c1-7-9-11(17-12(7)15)10(20-14(4,5)19-9)8-6-16-13(2,3)18-8/h7-11H,6H2,1-5H3. The average Bonchev–Trinajstić information content (AvgIpc) is 2.81. The molecule has 114 valence electrons. The van der Waals surface area contributed by atoms with Gasteiger partial charge in [0.05, 0.1) is 12.5 Å². The second-order valence-electron chi connectivity index (χ2n) is 6.62. The molecule has 5 unspecified atom stereocenters. The third kappa shape index (κ3) is 2.35. The van der Waals surface area contributed by atoms with Crippen LogP contribution in [0.1, 0.15) is 34.6 Å². The SMILES string of the molecule is CC1C(=O)OC2C(C3COC(C)(C)O3)OC(C)(C)OC12. The van der Waals surface area contributed by atoms with Gasteiger partial charge in [0, 0.05) is 0 Å². The summed E-state index contributed by atoms with van der Waals surface area (Å²) in [4.78, 5) is 11.8. The fourth-order valence-corrected chi connectivity index (χ4v) is 3.07. The predicted octanol–water partition coefficient (Wildman–Crippen LogP) is 1.22. The molecular weight excluding hydrogens is 264 g/mol. The molecule has 0 aliphatic carbocycles. The van der Waals surface area contributed by atoms with Gasteiger partial charge in [0.1, 0.15) is 18.3 Å². The van der Waals surface area contributed by atoms with Gasteiger partial charge in [-0.05, 0) is 34.6 Å². The van der Waals surface area contributed by atoms with Crippen molar-refractivity contribution < 1.29 is 28.5 Å². The quantitative estimate of drug-likeness (QED) is 0.675. The second-order valence-corrected chi connectivity index (χ2v) is 6.62.